The molecular weight excluding hydrogens is 242 g/mol. The van der Waals surface area contributed by atoms with Gasteiger partial charge in [-0.3, -0.25) is 0 Å². The monoisotopic (exact) mass is 265 g/mol. The molecule has 1 rings (SSSR count). The molecule has 0 bridgehead atoms. The van der Waals surface area contributed by atoms with Crippen LogP contribution in [0, 0.1) is 0 Å². The van der Waals surface area contributed by atoms with E-state index in [0.29, 0.717) is 12.3 Å². The van der Waals surface area contributed by atoms with Gasteiger partial charge in [0.1, 0.15) is 5.60 Å². The predicted molar refractivity (Wildman–Crippen MR) is 76.1 cm³/mol. The van der Waals surface area contributed by atoms with E-state index in [1.807, 2.05) is 30.3 Å². The van der Waals surface area contributed by atoms with E-state index in [-0.39, 0.29) is 0 Å². The molecule has 0 heterocycles. The van der Waals surface area contributed by atoms with E-state index >= 15 is 0 Å². The lowest BCUT2D eigenvalue weighted by molar-refractivity contribution is -0.148. The van der Waals surface area contributed by atoms with Crippen molar-refractivity contribution in [3.63, 3.8) is 0 Å². The number of benzene rings is 1. The third-order valence-corrected chi connectivity index (χ3v) is 3.28. The first-order valence-corrected chi connectivity index (χ1v) is 6.31. The minimum absolute atomic E-state index is 0.475. The maximum absolute atomic E-state index is 9.99. The molecule has 1 aromatic carbocycles. The fraction of sp³-hybridized carbons (Fsp3) is 0.533. The zero-order valence-corrected chi connectivity index (χ0v) is 12.3. The Balaban J connectivity index is 2.73. The molecule has 0 atom stereocenters. The zero-order chi connectivity index (χ0) is 14.5. The third-order valence-electron chi connectivity index (χ3n) is 3.28. The molecule has 0 saturated carbocycles. The molecule has 1 N–H and O–H groups in total. The third kappa shape index (κ3) is 4.56. The van der Waals surface area contributed by atoms with Crippen LogP contribution in [-0.2, 0) is 16.0 Å². The van der Waals surface area contributed by atoms with E-state index < -0.39 is 11.2 Å². The summed E-state index contributed by atoms with van der Waals surface area (Å²) in [6, 6.07) is 9.88. The second kappa shape index (κ2) is 6.06. The Morgan fingerprint density at radius 1 is 1.16 bits per heavy atom. The summed E-state index contributed by atoms with van der Waals surface area (Å²) in [6.07, 6.45) is 0.555. The van der Waals surface area contributed by atoms with E-state index in [2.05, 4.69) is 5.16 Å². The molecule has 0 aliphatic rings. The molecule has 0 aromatic heterocycles. The average Bonchev–Trinajstić information content (AvgIpc) is 2.34. The summed E-state index contributed by atoms with van der Waals surface area (Å²) < 4.78 is 5.21. The highest BCUT2D eigenvalue weighted by Crippen LogP contribution is 2.25. The lowest BCUT2D eigenvalue weighted by Crippen LogP contribution is -2.46. The molecule has 0 aliphatic carbocycles. The predicted octanol–water partition coefficient (Wildman–Crippen LogP) is 2.76. The van der Waals surface area contributed by atoms with Crippen molar-refractivity contribution >= 4 is 5.90 Å². The van der Waals surface area contributed by atoms with Crippen LogP contribution in [0.3, 0.4) is 0 Å². The van der Waals surface area contributed by atoms with E-state index in [1.165, 1.54) is 0 Å². The van der Waals surface area contributed by atoms with Crippen LogP contribution in [0.15, 0.2) is 35.5 Å². The van der Waals surface area contributed by atoms with Crippen LogP contribution < -0.4 is 0 Å². The Bertz CT molecular complexity index is 419. The topological polar surface area (TPSA) is 51.0 Å². The summed E-state index contributed by atoms with van der Waals surface area (Å²) in [6.45, 7) is 6.94. The van der Waals surface area contributed by atoms with Crippen LogP contribution in [0.25, 0.3) is 0 Å². The van der Waals surface area contributed by atoms with E-state index in [1.54, 1.807) is 34.8 Å². The lowest BCUT2D eigenvalue weighted by atomic mass is 9.90. The largest absolute Gasteiger partial charge is 0.482 e. The van der Waals surface area contributed by atoms with Crippen molar-refractivity contribution in [2.75, 3.05) is 7.11 Å². The van der Waals surface area contributed by atoms with Crippen molar-refractivity contribution in [1.29, 1.82) is 0 Å². The van der Waals surface area contributed by atoms with Gasteiger partial charge in [0.15, 0.2) is 5.60 Å². The normalized spacial score (nSPS) is 13.3. The molecule has 0 radical (unpaired) electrons. The Morgan fingerprint density at radius 2 is 1.74 bits per heavy atom. The van der Waals surface area contributed by atoms with Gasteiger partial charge in [0.25, 0.3) is 0 Å². The molecular formula is C15H23NO3. The number of methoxy groups -OCH3 is 1. The van der Waals surface area contributed by atoms with Gasteiger partial charge in [-0.1, -0.05) is 35.5 Å². The van der Waals surface area contributed by atoms with Gasteiger partial charge >= 0.3 is 0 Å². The van der Waals surface area contributed by atoms with Crippen molar-refractivity contribution < 1.29 is 14.7 Å². The van der Waals surface area contributed by atoms with Gasteiger partial charge in [-0.25, -0.2) is 0 Å². The summed E-state index contributed by atoms with van der Waals surface area (Å²) in [5.41, 5.74) is -0.706. The molecule has 0 aliphatic heterocycles. The molecule has 19 heavy (non-hydrogen) atoms. The maximum Gasteiger partial charge on any atom is 0.229 e. The molecule has 1 aromatic rings. The van der Waals surface area contributed by atoms with Gasteiger partial charge < -0.3 is 14.7 Å². The number of nitrogens with zero attached hydrogens (tertiary/aromatic N) is 1. The molecule has 0 unspecified atom stereocenters. The van der Waals surface area contributed by atoms with Crippen molar-refractivity contribution in [3.05, 3.63) is 35.9 Å². The first kappa shape index (κ1) is 15.5. The Hall–Kier alpha value is -1.55. The second-order valence-electron chi connectivity index (χ2n) is 5.51. The standard InChI is InChI=1S/C15H23NO3/c1-14(2,17)15(3,4)19-16-13(18-5)11-12-9-7-6-8-10-12/h6-10,17H,11H2,1-5H3/b16-13-. The fourth-order valence-electron chi connectivity index (χ4n) is 1.19. The average molecular weight is 265 g/mol. The van der Waals surface area contributed by atoms with Crippen molar-refractivity contribution in [3.8, 4) is 0 Å². The summed E-state index contributed by atoms with van der Waals surface area (Å²) in [5.74, 6) is 0.475. The number of hydrogen-bond donors (Lipinski definition) is 1. The van der Waals surface area contributed by atoms with Crippen LogP contribution in [0.5, 0.6) is 0 Å². The van der Waals surface area contributed by atoms with E-state index in [0.717, 1.165) is 5.56 Å². The highest BCUT2D eigenvalue weighted by molar-refractivity contribution is 5.78. The van der Waals surface area contributed by atoms with Crippen LogP contribution in [-0.4, -0.2) is 29.3 Å². The van der Waals surface area contributed by atoms with E-state index in [4.69, 9.17) is 9.57 Å². The molecule has 0 spiro atoms. The van der Waals surface area contributed by atoms with Crippen LogP contribution >= 0.6 is 0 Å². The van der Waals surface area contributed by atoms with Gasteiger partial charge in [0, 0.05) is 0 Å². The SMILES string of the molecule is CO/C(Cc1ccccc1)=N\OC(C)(C)C(C)(C)O. The smallest absolute Gasteiger partial charge is 0.229 e. The minimum Gasteiger partial charge on any atom is -0.482 e. The first-order chi connectivity index (χ1) is 8.76. The first-order valence-electron chi connectivity index (χ1n) is 6.31. The van der Waals surface area contributed by atoms with Crippen LogP contribution in [0.2, 0.25) is 0 Å². The Kier molecular flexibility index (Phi) is 4.95. The zero-order valence-electron chi connectivity index (χ0n) is 12.3. The number of ether oxygens (including phenoxy) is 1. The number of oxime groups is 1. The minimum atomic E-state index is -0.998. The number of hydrogen-bond acceptors (Lipinski definition) is 4. The van der Waals surface area contributed by atoms with Gasteiger partial charge in [-0.15, -0.1) is 0 Å². The van der Waals surface area contributed by atoms with Gasteiger partial charge in [0.05, 0.1) is 13.5 Å². The number of rotatable bonds is 5. The van der Waals surface area contributed by atoms with Gasteiger partial charge in [0.2, 0.25) is 5.90 Å². The van der Waals surface area contributed by atoms with Crippen molar-refractivity contribution in [2.45, 2.75) is 45.3 Å². The molecule has 4 heteroatoms. The van der Waals surface area contributed by atoms with Crippen molar-refractivity contribution in [1.82, 2.24) is 0 Å². The molecule has 106 valence electrons. The summed E-state index contributed by atoms with van der Waals surface area (Å²) in [4.78, 5) is 5.43. The molecule has 0 saturated heterocycles. The lowest BCUT2D eigenvalue weighted by Gasteiger charge is -2.34. The second-order valence-corrected chi connectivity index (χ2v) is 5.51. The molecule has 4 nitrogen and oxygen atoms in total. The fourth-order valence-corrected chi connectivity index (χ4v) is 1.19. The molecule has 0 amide bonds. The Morgan fingerprint density at radius 3 is 2.21 bits per heavy atom. The van der Waals surface area contributed by atoms with Crippen LogP contribution in [0.4, 0.5) is 0 Å². The number of aliphatic hydroxyl groups is 1. The highest BCUT2D eigenvalue weighted by Gasteiger charge is 2.38. The summed E-state index contributed by atoms with van der Waals surface area (Å²) in [7, 11) is 1.56. The van der Waals surface area contributed by atoms with Crippen LogP contribution in [0.1, 0.15) is 33.3 Å². The van der Waals surface area contributed by atoms with Gasteiger partial charge in [-0.05, 0) is 33.3 Å². The summed E-state index contributed by atoms with van der Waals surface area (Å²) in [5, 5.41) is 14.0. The van der Waals surface area contributed by atoms with Crippen molar-refractivity contribution in [2.24, 2.45) is 5.16 Å². The highest BCUT2D eigenvalue weighted by atomic mass is 16.7. The maximum atomic E-state index is 9.99. The summed E-state index contributed by atoms with van der Waals surface area (Å²) >= 11 is 0. The quantitative estimate of drug-likeness (QED) is 0.506. The molecule has 0 fully saturated rings. The van der Waals surface area contributed by atoms with E-state index in [9.17, 15) is 5.11 Å². The Labute approximate surface area is 115 Å². The van der Waals surface area contributed by atoms with Gasteiger partial charge in [-0.2, -0.15) is 0 Å².